The molecule has 0 aliphatic heterocycles. The molecule has 0 saturated carbocycles. The van der Waals surface area contributed by atoms with Crippen LogP contribution >= 0.6 is 15.6 Å². The lowest BCUT2D eigenvalue weighted by Crippen LogP contribution is -2.30. The number of ether oxygens (including phenoxy) is 4. The average Bonchev–Trinajstić information content (AvgIpc) is 2.95. The van der Waals surface area contributed by atoms with Crippen LogP contribution in [0.5, 0.6) is 0 Å². The molecule has 19 heteroatoms. The van der Waals surface area contributed by atoms with Crippen LogP contribution in [0.1, 0.15) is 363 Å². The summed E-state index contributed by atoms with van der Waals surface area (Å²) in [5.74, 6) is -0.651. The molecule has 0 aliphatic rings. The molecule has 0 fully saturated rings. The van der Waals surface area contributed by atoms with Crippen molar-refractivity contribution in [2.45, 2.75) is 381 Å². The molecule has 0 saturated heterocycles. The molecule has 2 unspecified atom stereocenters. The average molecular weight is 1330 g/mol. The van der Waals surface area contributed by atoms with E-state index in [-0.39, 0.29) is 25.7 Å². The van der Waals surface area contributed by atoms with E-state index < -0.39 is 97.5 Å². The Morgan fingerprint density at radius 3 is 0.756 bits per heavy atom. The summed E-state index contributed by atoms with van der Waals surface area (Å²) in [4.78, 5) is 72.6. The Morgan fingerprint density at radius 2 is 0.511 bits per heavy atom. The first-order valence-electron chi connectivity index (χ1n) is 37.0. The van der Waals surface area contributed by atoms with Gasteiger partial charge in [0.15, 0.2) is 12.2 Å². The highest BCUT2D eigenvalue weighted by Crippen LogP contribution is 2.45. The maximum atomic E-state index is 13.0. The van der Waals surface area contributed by atoms with Gasteiger partial charge in [-0.1, -0.05) is 311 Å². The van der Waals surface area contributed by atoms with Gasteiger partial charge >= 0.3 is 39.5 Å². The number of rotatable bonds is 70. The van der Waals surface area contributed by atoms with E-state index in [1.54, 1.807) is 0 Å². The highest BCUT2D eigenvalue weighted by Gasteiger charge is 2.30. The summed E-state index contributed by atoms with van der Waals surface area (Å²) >= 11 is 0. The summed E-state index contributed by atoms with van der Waals surface area (Å²) in [6.45, 7) is 9.51. The summed E-state index contributed by atoms with van der Waals surface area (Å²) < 4.78 is 68.3. The van der Waals surface area contributed by atoms with Crippen molar-refractivity contribution in [3.63, 3.8) is 0 Å². The maximum Gasteiger partial charge on any atom is 0.472 e. The van der Waals surface area contributed by atoms with Gasteiger partial charge < -0.3 is 33.8 Å². The number of aliphatic hydroxyl groups is 1. The lowest BCUT2D eigenvalue weighted by molar-refractivity contribution is -0.161. The van der Waals surface area contributed by atoms with Crippen LogP contribution in [-0.2, 0) is 65.4 Å². The van der Waals surface area contributed by atoms with Gasteiger partial charge in [-0.3, -0.25) is 37.3 Å². The SMILES string of the molecule is CCCCCCCCCCCCCCCCC(=O)OC[C@H](COP(=O)(O)OC[C@@H](O)COP(=O)(O)OC[C@@H](COC(=O)CCCCCCCCCC(C)C)OC(=O)CCCCCCCCCCCCCC)OC(=O)CCCCCCCCCCCCCC(C)C. The van der Waals surface area contributed by atoms with Gasteiger partial charge in [0.25, 0.3) is 0 Å². The van der Waals surface area contributed by atoms with Gasteiger partial charge in [0.05, 0.1) is 26.4 Å². The molecule has 0 rings (SSSR count). The van der Waals surface area contributed by atoms with Crippen molar-refractivity contribution in [2.75, 3.05) is 39.6 Å². The molecule has 0 bridgehead atoms. The van der Waals surface area contributed by atoms with E-state index in [1.807, 2.05) is 0 Å². The van der Waals surface area contributed by atoms with E-state index in [2.05, 4.69) is 41.5 Å². The lowest BCUT2D eigenvalue weighted by Gasteiger charge is -2.21. The fourth-order valence-electron chi connectivity index (χ4n) is 10.8. The lowest BCUT2D eigenvalue weighted by atomic mass is 10.0. The quantitative estimate of drug-likeness (QED) is 0.0222. The van der Waals surface area contributed by atoms with Crippen LogP contribution in [0.2, 0.25) is 0 Å². The zero-order valence-corrected chi connectivity index (χ0v) is 60.2. The van der Waals surface area contributed by atoms with Crippen molar-refractivity contribution in [1.82, 2.24) is 0 Å². The van der Waals surface area contributed by atoms with E-state index in [0.717, 1.165) is 102 Å². The molecular formula is C71H138O17P2. The Kier molecular flexibility index (Phi) is 61.8. The van der Waals surface area contributed by atoms with E-state index >= 15 is 0 Å². The number of esters is 4. The van der Waals surface area contributed by atoms with Gasteiger partial charge in [-0.15, -0.1) is 0 Å². The van der Waals surface area contributed by atoms with E-state index in [4.69, 9.17) is 37.0 Å². The fourth-order valence-corrected chi connectivity index (χ4v) is 12.3. The van der Waals surface area contributed by atoms with Gasteiger partial charge in [0, 0.05) is 25.7 Å². The van der Waals surface area contributed by atoms with Crippen molar-refractivity contribution in [2.24, 2.45) is 11.8 Å². The number of aliphatic hydroxyl groups excluding tert-OH is 1. The van der Waals surface area contributed by atoms with E-state index in [9.17, 15) is 43.2 Å². The smallest absolute Gasteiger partial charge is 0.462 e. The molecule has 17 nitrogen and oxygen atoms in total. The summed E-state index contributed by atoms with van der Waals surface area (Å²) in [6.07, 6.45) is 48.5. The number of hydrogen-bond donors (Lipinski definition) is 3. The molecule has 0 spiro atoms. The molecule has 0 heterocycles. The van der Waals surface area contributed by atoms with Gasteiger partial charge in [-0.25, -0.2) is 9.13 Å². The van der Waals surface area contributed by atoms with Crippen LogP contribution in [0.15, 0.2) is 0 Å². The predicted molar refractivity (Wildman–Crippen MR) is 363 cm³/mol. The normalized spacial score (nSPS) is 14.1. The number of carbonyl (C=O) groups excluding carboxylic acids is 4. The van der Waals surface area contributed by atoms with Crippen molar-refractivity contribution < 1.29 is 80.2 Å². The van der Waals surface area contributed by atoms with Gasteiger partial charge in [-0.05, 0) is 37.5 Å². The second-order valence-electron chi connectivity index (χ2n) is 26.6. The molecule has 0 aromatic heterocycles. The van der Waals surface area contributed by atoms with Crippen molar-refractivity contribution in [1.29, 1.82) is 0 Å². The maximum absolute atomic E-state index is 13.0. The minimum absolute atomic E-state index is 0.106. The first-order valence-corrected chi connectivity index (χ1v) is 40.0. The highest BCUT2D eigenvalue weighted by atomic mass is 31.2. The molecule has 0 aromatic rings. The highest BCUT2D eigenvalue weighted by molar-refractivity contribution is 7.47. The van der Waals surface area contributed by atoms with E-state index in [0.29, 0.717) is 31.6 Å². The third kappa shape index (κ3) is 64.8. The third-order valence-electron chi connectivity index (χ3n) is 16.5. The number of hydrogen-bond acceptors (Lipinski definition) is 15. The first kappa shape index (κ1) is 88.1. The second kappa shape index (κ2) is 63.1. The zero-order chi connectivity index (χ0) is 66.5. The van der Waals surface area contributed by atoms with Gasteiger partial charge in [0.1, 0.15) is 19.3 Å². The van der Waals surface area contributed by atoms with Crippen molar-refractivity contribution >= 4 is 39.5 Å². The molecule has 90 heavy (non-hydrogen) atoms. The number of phosphoric acid groups is 2. The minimum Gasteiger partial charge on any atom is -0.462 e. The van der Waals surface area contributed by atoms with Crippen LogP contribution in [0.25, 0.3) is 0 Å². The Morgan fingerprint density at radius 1 is 0.300 bits per heavy atom. The standard InChI is InChI=1S/C71H138O17P2/c1-7-9-11-13-15-17-19-21-22-26-29-35-41-47-53-68(73)81-59-66(87-71(76)56-50-44-37-31-27-23-24-28-33-39-45-51-63(3)4)61-85-89(77,78)83-57-65(72)58-84-90(79,80)86-62-67(60-82-69(74)54-48-42-38-32-34-40-46-52-64(5)6)88-70(75)55-49-43-36-30-25-20-18-16-14-12-10-8-2/h63-67,72H,7-62H2,1-6H3,(H,77,78)(H,79,80)/t65-,66-,67-/m1/s1. The molecule has 0 aliphatic carbocycles. The Hall–Kier alpha value is -1.94. The number of unbranched alkanes of at least 4 members (excludes halogenated alkanes) is 40. The van der Waals surface area contributed by atoms with Crippen molar-refractivity contribution in [3.8, 4) is 0 Å². The molecule has 5 atom stereocenters. The number of carbonyl (C=O) groups is 4. The molecule has 0 radical (unpaired) electrons. The van der Waals surface area contributed by atoms with Crippen molar-refractivity contribution in [3.05, 3.63) is 0 Å². The van der Waals surface area contributed by atoms with Crippen LogP contribution in [0, 0.1) is 11.8 Å². The predicted octanol–water partition coefficient (Wildman–Crippen LogP) is 20.4. The summed E-state index contributed by atoms with van der Waals surface area (Å²) in [5, 5.41) is 10.6. The molecule has 534 valence electrons. The van der Waals surface area contributed by atoms with Crippen LogP contribution < -0.4 is 0 Å². The first-order chi connectivity index (χ1) is 43.4. The summed E-state index contributed by atoms with van der Waals surface area (Å²) in [7, 11) is -9.90. The van der Waals surface area contributed by atoms with Crippen LogP contribution in [-0.4, -0.2) is 96.7 Å². The molecule has 0 amide bonds. The van der Waals surface area contributed by atoms with Crippen LogP contribution in [0.3, 0.4) is 0 Å². The second-order valence-corrected chi connectivity index (χ2v) is 29.5. The molecule has 3 N–H and O–H groups in total. The van der Waals surface area contributed by atoms with Crippen LogP contribution in [0.4, 0.5) is 0 Å². The molecule has 0 aromatic carbocycles. The molecular weight excluding hydrogens is 1190 g/mol. The third-order valence-corrected chi connectivity index (χ3v) is 18.4. The Bertz CT molecular complexity index is 1750. The minimum atomic E-state index is -4.95. The fraction of sp³-hybridized carbons (Fsp3) is 0.944. The Balaban J connectivity index is 5.25. The van der Waals surface area contributed by atoms with Gasteiger partial charge in [0.2, 0.25) is 0 Å². The summed E-state index contributed by atoms with van der Waals surface area (Å²) in [6, 6.07) is 0. The zero-order valence-electron chi connectivity index (χ0n) is 58.4. The summed E-state index contributed by atoms with van der Waals surface area (Å²) in [5.41, 5.74) is 0. The monoisotopic (exact) mass is 1320 g/mol. The van der Waals surface area contributed by atoms with E-state index in [1.165, 1.54) is 173 Å². The largest absolute Gasteiger partial charge is 0.472 e. The Labute approximate surface area is 549 Å². The van der Waals surface area contributed by atoms with Gasteiger partial charge in [-0.2, -0.15) is 0 Å². The topological polar surface area (TPSA) is 237 Å². The number of phosphoric ester groups is 2.